The highest BCUT2D eigenvalue weighted by molar-refractivity contribution is 5.76. The largest absolute Gasteiger partial charge is 0.394 e. The second kappa shape index (κ2) is 51.8. The van der Waals surface area contributed by atoms with Gasteiger partial charge in [0.2, 0.25) is 5.91 Å². The van der Waals surface area contributed by atoms with Gasteiger partial charge in [0.15, 0.2) is 12.6 Å². The van der Waals surface area contributed by atoms with Crippen molar-refractivity contribution < 1.29 is 64.6 Å². The molecule has 2 saturated heterocycles. The van der Waals surface area contributed by atoms with Crippen LogP contribution in [0.25, 0.3) is 0 Å². The summed E-state index contributed by atoms with van der Waals surface area (Å²) in [5, 5.41) is 87.3. The molecule has 12 unspecified atom stereocenters. The third-order valence-corrected chi connectivity index (χ3v) is 15.6. The Morgan fingerprint density at radius 2 is 0.827 bits per heavy atom. The van der Waals surface area contributed by atoms with Crippen LogP contribution in [0, 0.1) is 0 Å². The van der Waals surface area contributed by atoms with Gasteiger partial charge in [-0.1, -0.05) is 234 Å². The zero-order chi connectivity index (χ0) is 58.8. The van der Waals surface area contributed by atoms with Crippen molar-refractivity contribution in [3.63, 3.8) is 0 Å². The lowest BCUT2D eigenvalue weighted by Gasteiger charge is -2.46. The number of carbonyl (C=O) groups is 1. The molecule has 0 radical (unpaired) electrons. The van der Waals surface area contributed by atoms with E-state index in [1.165, 1.54) is 154 Å². The molecule has 0 aromatic carbocycles. The number of nitrogens with one attached hydrogen (secondary N) is 1. The van der Waals surface area contributed by atoms with Gasteiger partial charge in [-0.2, -0.15) is 0 Å². The summed E-state index contributed by atoms with van der Waals surface area (Å²) in [5.74, 6) is -0.258. The molecule has 0 aliphatic carbocycles. The van der Waals surface area contributed by atoms with E-state index < -0.39 is 86.8 Å². The van der Waals surface area contributed by atoms with E-state index in [1.807, 2.05) is 6.08 Å². The maximum Gasteiger partial charge on any atom is 0.220 e. The van der Waals surface area contributed by atoms with Crippen molar-refractivity contribution in [2.45, 2.75) is 325 Å². The van der Waals surface area contributed by atoms with Gasteiger partial charge in [-0.15, -0.1) is 0 Å². The lowest BCUT2D eigenvalue weighted by Crippen LogP contribution is -2.65. The summed E-state index contributed by atoms with van der Waals surface area (Å²) in [6.45, 7) is 2.77. The molecule has 2 heterocycles. The first-order valence-corrected chi connectivity index (χ1v) is 32.7. The highest BCUT2D eigenvalue weighted by Crippen LogP contribution is 2.30. The molecule has 2 rings (SSSR count). The van der Waals surface area contributed by atoms with Crippen LogP contribution >= 0.6 is 0 Å². The number of aliphatic hydroxyl groups excluding tert-OH is 8. The number of allylic oxidation sites excluding steroid dienone is 11. The molecule has 0 bridgehead atoms. The second-order valence-corrected chi connectivity index (χ2v) is 22.9. The average Bonchev–Trinajstić information content (AvgIpc) is 3.47. The molecule has 0 saturated carbocycles. The molecular formula is C67H119NO13. The Morgan fingerprint density at radius 1 is 0.444 bits per heavy atom. The Morgan fingerprint density at radius 3 is 1.30 bits per heavy atom. The first kappa shape index (κ1) is 74.5. The van der Waals surface area contributed by atoms with Gasteiger partial charge in [-0.05, 0) is 83.5 Å². The molecule has 9 N–H and O–H groups in total. The molecule has 2 aliphatic heterocycles. The summed E-state index contributed by atoms with van der Waals surface area (Å²) >= 11 is 0. The van der Waals surface area contributed by atoms with Gasteiger partial charge in [-0.25, -0.2) is 0 Å². The van der Waals surface area contributed by atoms with Gasteiger partial charge in [0.05, 0.1) is 32.0 Å². The summed E-state index contributed by atoms with van der Waals surface area (Å²) in [7, 11) is 0. The van der Waals surface area contributed by atoms with Crippen LogP contribution in [-0.2, 0) is 23.7 Å². The number of hydrogen-bond donors (Lipinski definition) is 9. The SMILES string of the molecule is CCCCCCC/C=C\C/C=C\C/C=C\CCCCCCCCCCCCC(=O)NC(COC1OC(CO)C(OC2OC(CO)C(O)C(O)C2O)C(O)C1O)C(O)/C=C/CC/C=C/CC/C=C/CCCCCCCCCCCCCC. The average molecular weight is 1150 g/mol. The number of carbonyl (C=O) groups excluding carboxylic acids is 1. The number of hydrogen-bond acceptors (Lipinski definition) is 13. The van der Waals surface area contributed by atoms with Crippen LogP contribution in [-0.4, -0.2) is 140 Å². The first-order chi connectivity index (χ1) is 39.6. The van der Waals surface area contributed by atoms with Crippen molar-refractivity contribution in [2.75, 3.05) is 19.8 Å². The fourth-order valence-corrected chi connectivity index (χ4v) is 10.3. The van der Waals surface area contributed by atoms with Crippen LogP contribution in [0.15, 0.2) is 72.9 Å². The van der Waals surface area contributed by atoms with Crippen LogP contribution in [0.1, 0.15) is 251 Å². The van der Waals surface area contributed by atoms with Gasteiger partial charge in [0, 0.05) is 6.42 Å². The molecule has 2 fully saturated rings. The van der Waals surface area contributed by atoms with Crippen LogP contribution in [0.5, 0.6) is 0 Å². The molecule has 12 atom stereocenters. The van der Waals surface area contributed by atoms with Gasteiger partial charge in [0.1, 0.15) is 48.8 Å². The van der Waals surface area contributed by atoms with Crippen molar-refractivity contribution in [3.8, 4) is 0 Å². The Hall–Kier alpha value is -2.57. The van der Waals surface area contributed by atoms with Crippen molar-refractivity contribution in [1.82, 2.24) is 5.32 Å². The normalized spacial score (nSPS) is 24.6. The fourth-order valence-electron chi connectivity index (χ4n) is 10.3. The van der Waals surface area contributed by atoms with E-state index in [9.17, 15) is 45.6 Å². The summed E-state index contributed by atoms with van der Waals surface area (Å²) in [6, 6.07) is -0.945. The quantitative estimate of drug-likeness (QED) is 0.0204. The van der Waals surface area contributed by atoms with E-state index in [2.05, 4.69) is 79.9 Å². The van der Waals surface area contributed by atoms with Crippen LogP contribution in [0.3, 0.4) is 0 Å². The summed E-state index contributed by atoms with van der Waals surface area (Å²) in [5.41, 5.74) is 0. The minimum atomic E-state index is -1.80. The van der Waals surface area contributed by atoms with Crippen LogP contribution in [0.4, 0.5) is 0 Å². The smallest absolute Gasteiger partial charge is 0.220 e. The number of aliphatic hydroxyl groups is 8. The Labute approximate surface area is 491 Å². The zero-order valence-electron chi connectivity index (χ0n) is 50.8. The summed E-state index contributed by atoms with van der Waals surface area (Å²) in [6.07, 6.45) is 52.3. The molecule has 0 aromatic heterocycles. The number of amides is 1. The highest BCUT2D eigenvalue weighted by Gasteiger charge is 2.51. The van der Waals surface area contributed by atoms with Crippen LogP contribution in [0.2, 0.25) is 0 Å². The molecule has 0 aromatic rings. The van der Waals surface area contributed by atoms with E-state index in [0.29, 0.717) is 12.8 Å². The molecule has 1 amide bonds. The third-order valence-electron chi connectivity index (χ3n) is 15.6. The summed E-state index contributed by atoms with van der Waals surface area (Å²) < 4.78 is 22.8. The standard InChI is InChI=1S/C67H119NO13/c1-3-5-7-9-11-13-15-17-19-21-23-25-27-28-29-31-33-35-37-39-41-43-45-47-49-51-59(72)68-55(54-78-66-64(77)62(75)65(58(53-70)80-66)81-67-63(76)61(74)60(73)57(52-69)79-67)56(71)50-48-46-44-42-40-38-36-34-32-30-26-24-22-20-18-16-14-12-10-8-6-4-2/h15,17,21,23,27-28,32,34,40,42,48,50,55-58,60-67,69-71,73-77H,3-14,16,18-20,22,24-26,29-31,33,35-39,41,43-47,49,51-54H2,1-2H3,(H,68,72)/b17-15-,23-21-,28-27-,34-32+,42-40+,50-48+. The van der Waals surface area contributed by atoms with E-state index in [0.717, 1.165) is 64.2 Å². The lowest BCUT2D eigenvalue weighted by molar-refractivity contribution is -0.359. The molecule has 2 aliphatic rings. The predicted octanol–water partition coefficient (Wildman–Crippen LogP) is 12.3. The van der Waals surface area contributed by atoms with Crippen molar-refractivity contribution >= 4 is 5.91 Å². The first-order valence-electron chi connectivity index (χ1n) is 32.7. The number of unbranched alkanes of at least 4 members (excludes halogenated alkanes) is 29. The Kier molecular flexibility index (Phi) is 47.7. The van der Waals surface area contributed by atoms with E-state index in [4.69, 9.17) is 18.9 Å². The fraction of sp³-hybridized carbons (Fsp3) is 0.806. The Bertz CT molecular complexity index is 1630. The molecule has 81 heavy (non-hydrogen) atoms. The lowest BCUT2D eigenvalue weighted by atomic mass is 9.97. The summed E-state index contributed by atoms with van der Waals surface area (Å²) in [4.78, 5) is 13.3. The van der Waals surface area contributed by atoms with E-state index >= 15 is 0 Å². The number of ether oxygens (including phenoxy) is 4. The molecule has 0 spiro atoms. The van der Waals surface area contributed by atoms with Crippen molar-refractivity contribution in [3.05, 3.63) is 72.9 Å². The molecular weight excluding hydrogens is 1030 g/mol. The maximum atomic E-state index is 13.3. The molecule has 14 heteroatoms. The molecule has 14 nitrogen and oxygen atoms in total. The number of rotatable bonds is 52. The molecule has 470 valence electrons. The Balaban J connectivity index is 1.75. The zero-order valence-corrected chi connectivity index (χ0v) is 50.8. The van der Waals surface area contributed by atoms with Gasteiger partial charge >= 0.3 is 0 Å². The van der Waals surface area contributed by atoms with E-state index in [-0.39, 0.29) is 18.9 Å². The minimum absolute atomic E-state index is 0.258. The minimum Gasteiger partial charge on any atom is -0.394 e. The topological polar surface area (TPSA) is 228 Å². The highest BCUT2D eigenvalue weighted by atomic mass is 16.7. The van der Waals surface area contributed by atoms with Crippen molar-refractivity contribution in [1.29, 1.82) is 0 Å². The maximum absolute atomic E-state index is 13.3. The second-order valence-electron chi connectivity index (χ2n) is 22.9. The van der Waals surface area contributed by atoms with E-state index in [1.54, 1.807) is 6.08 Å². The third kappa shape index (κ3) is 36.8. The predicted molar refractivity (Wildman–Crippen MR) is 327 cm³/mol. The van der Waals surface area contributed by atoms with Crippen LogP contribution < -0.4 is 5.32 Å². The van der Waals surface area contributed by atoms with Gasteiger partial charge in [0.25, 0.3) is 0 Å². The van der Waals surface area contributed by atoms with Gasteiger partial charge in [-0.3, -0.25) is 4.79 Å². The van der Waals surface area contributed by atoms with Crippen molar-refractivity contribution in [2.24, 2.45) is 0 Å². The monoisotopic (exact) mass is 1150 g/mol. The van der Waals surface area contributed by atoms with Gasteiger partial charge < -0.3 is 65.1 Å².